The summed E-state index contributed by atoms with van der Waals surface area (Å²) < 4.78 is 74.7. The van der Waals surface area contributed by atoms with E-state index in [0.29, 0.717) is 24.4 Å². The number of nitrogens with zero attached hydrogens (tertiary/aromatic N) is 2. The fourth-order valence-electron chi connectivity index (χ4n) is 4.52. The smallest absolute Gasteiger partial charge is 0.489 e. The molecule has 3 rings (SSSR count). The van der Waals surface area contributed by atoms with Crippen LogP contribution in [-0.2, 0) is 50.6 Å². The summed E-state index contributed by atoms with van der Waals surface area (Å²) in [4.78, 5) is 77.0. The van der Waals surface area contributed by atoms with Crippen molar-refractivity contribution in [3.63, 3.8) is 0 Å². The highest BCUT2D eigenvalue weighted by atomic mass is 31.3. The van der Waals surface area contributed by atoms with Crippen LogP contribution in [0.25, 0.3) is 0 Å². The number of nitrogen functional groups attached to an aromatic ring is 1. The van der Waals surface area contributed by atoms with Gasteiger partial charge >= 0.3 is 29.2 Å². The minimum absolute atomic E-state index is 0.0200. The molecule has 0 bridgehead atoms. The van der Waals surface area contributed by atoms with Crippen LogP contribution in [0.3, 0.4) is 0 Å². The van der Waals surface area contributed by atoms with Gasteiger partial charge in [-0.1, -0.05) is 17.9 Å². The van der Waals surface area contributed by atoms with E-state index >= 15 is 0 Å². The third-order valence-electron chi connectivity index (χ3n) is 6.92. The Morgan fingerprint density at radius 2 is 1.88 bits per heavy atom. The summed E-state index contributed by atoms with van der Waals surface area (Å²) in [5.74, 6) is 4.70. The minimum atomic E-state index is -5.74. The van der Waals surface area contributed by atoms with Crippen LogP contribution in [0.5, 0.6) is 5.75 Å². The van der Waals surface area contributed by atoms with Crippen molar-refractivity contribution in [2.75, 3.05) is 65.5 Å². The molecule has 1 aromatic heterocycles. The van der Waals surface area contributed by atoms with Gasteiger partial charge in [-0.25, -0.2) is 18.5 Å². The molecule has 1 aromatic carbocycles. The molecule has 28 heteroatoms. The number of benzene rings is 1. The number of anilines is 1. The van der Waals surface area contributed by atoms with Gasteiger partial charge in [-0.2, -0.15) is 13.6 Å². The third-order valence-corrected chi connectivity index (χ3v) is 10.7. The van der Waals surface area contributed by atoms with Gasteiger partial charge in [0.25, 0.3) is 5.91 Å². The van der Waals surface area contributed by atoms with Crippen LogP contribution in [0, 0.1) is 11.8 Å². The summed E-state index contributed by atoms with van der Waals surface area (Å²) in [6.45, 7) is -0.599. The number of carbonyl (C=O) groups excluding carboxylic acids is 2. The maximum absolute atomic E-state index is 12.6. The number of rotatable bonds is 22. The topological polar surface area (TPSA) is 377 Å². The molecule has 6 atom stereocenters. The van der Waals surface area contributed by atoms with E-state index in [9.17, 15) is 37.9 Å². The minimum Gasteiger partial charge on any atom is -0.489 e. The first-order valence-electron chi connectivity index (χ1n) is 16.1. The monoisotopic (exact) mass is 857 g/mol. The molecular weight excluding hydrogens is 815 g/mol. The van der Waals surface area contributed by atoms with E-state index in [0.717, 1.165) is 4.57 Å². The number of aromatic nitrogens is 2. The van der Waals surface area contributed by atoms with Crippen molar-refractivity contribution >= 4 is 41.1 Å². The van der Waals surface area contributed by atoms with Crippen LogP contribution in [0.15, 0.2) is 35.3 Å². The van der Waals surface area contributed by atoms with Crippen LogP contribution in [-0.4, -0.2) is 119 Å². The zero-order valence-electron chi connectivity index (χ0n) is 29.5. The molecule has 12 N–H and O–H groups in total. The predicted octanol–water partition coefficient (Wildman–Crippen LogP) is -1.98. The van der Waals surface area contributed by atoms with Crippen molar-refractivity contribution in [3.05, 3.63) is 52.1 Å². The Morgan fingerprint density at radius 3 is 2.57 bits per heavy atom. The number of methoxy groups -OCH3 is 1. The van der Waals surface area contributed by atoms with E-state index < -0.39 is 66.3 Å². The predicted molar refractivity (Wildman–Crippen MR) is 190 cm³/mol. The summed E-state index contributed by atoms with van der Waals surface area (Å²) in [6.07, 6.45) is -2.79. The van der Waals surface area contributed by atoms with Crippen molar-refractivity contribution in [3.8, 4) is 17.6 Å². The first kappa shape index (κ1) is 46.8. The number of nitrogens with two attached hydrogens (primary N) is 3. The summed E-state index contributed by atoms with van der Waals surface area (Å²) in [5, 5.41) is 5.17. The number of hydrogen-bond acceptors (Lipinski definition) is 18. The lowest BCUT2D eigenvalue weighted by Crippen LogP contribution is -2.33. The van der Waals surface area contributed by atoms with E-state index in [2.05, 4.69) is 40.6 Å². The lowest BCUT2D eigenvalue weighted by molar-refractivity contribution is -0.126. The molecule has 2 aromatic rings. The van der Waals surface area contributed by atoms with Gasteiger partial charge in [0.05, 0.1) is 38.0 Å². The molecule has 1 aliphatic heterocycles. The fraction of sp³-hybridized carbons (Fsp3) is 0.500. The Hall–Kier alpha value is -3.63. The Bertz CT molecular complexity index is 1920. The number of phosphoric ester groups is 1. The number of carbonyl (C=O) groups is 2. The van der Waals surface area contributed by atoms with Gasteiger partial charge in [0.1, 0.15) is 43.3 Å². The molecule has 312 valence electrons. The Morgan fingerprint density at radius 1 is 1.12 bits per heavy atom. The van der Waals surface area contributed by atoms with E-state index in [1.54, 1.807) is 24.3 Å². The van der Waals surface area contributed by atoms with Gasteiger partial charge < -0.3 is 71.1 Å². The number of phosphoric acid groups is 3. The van der Waals surface area contributed by atoms with Crippen LogP contribution in [0.2, 0.25) is 0 Å². The van der Waals surface area contributed by atoms with Crippen LogP contribution >= 0.6 is 23.5 Å². The highest BCUT2D eigenvalue weighted by Crippen LogP contribution is 2.66. The van der Waals surface area contributed by atoms with Crippen LogP contribution < -0.4 is 38.3 Å². The zero-order chi connectivity index (χ0) is 41.5. The van der Waals surface area contributed by atoms with Gasteiger partial charge in [-0.3, -0.25) is 18.7 Å². The summed E-state index contributed by atoms with van der Waals surface area (Å²) in [6, 6.07) is 6.49. The molecule has 0 radical (unpaired) electrons. The molecule has 25 nitrogen and oxygen atoms in total. The van der Waals surface area contributed by atoms with Gasteiger partial charge in [-0.05, 0) is 18.2 Å². The molecule has 1 fully saturated rings. The average Bonchev–Trinajstić information content (AvgIpc) is 3.53. The Labute approximate surface area is 318 Å². The standard InChI is InChI=1S/C28H42N7O18P3/c1-46-21-13-25(51-22(21)15-50-55(42,43)53-56(44,45)52-54(39,40)41)35-14-19(26(31)34-28(35)38)5-3-8-32-24(36)17-47-10-11-48-23(30)16-49-20-6-2-4-18(12-20)27(37)33-9-7-29/h2,4,6,12,14,21-23,25H,7-11,13,15-17,29-30H2,1H3,(H,32,36)(H,33,37)(H,42,43)(H,44,45)(H2,31,34,38)(H2,39,40,41)/t21-,22?,23?,25?/m1/s1. The first-order chi connectivity index (χ1) is 26.3. The fourth-order valence-corrected chi connectivity index (χ4v) is 7.55. The normalized spacial score (nSPS) is 19.5. The molecule has 2 amide bonds. The Balaban J connectivity index is 1.42. The van der Waals surface area contributed by atoms with E-state index in [-0.39, 0.29) is 56.7 Å². The van der Waals surface area contributed by atoms with Gasteiger partial charge in [0, 0.05) is 38.4 Å². The highest BCUT2D eigenvalue weighted by molar-refractivity contribution is 7.66. The van der Waals surface area contributed by atoms with Crippen LogP contribution in [0.4, 0.5) is 5.82 Å². The molecule has 1 aliphatic rings. The van der Waals surface area contributed by atoms with Gasteiger partial charge in [0.2, 0.25) is 5.91 Å². The number of amides is 2. The first-order valence-corrected chi connectivity index (χ1v) is 20.6. The maximum Gasteiger partial charge on any atom is 0.490 e. The second-order valence-corrected chi connectivity index (χ2v) is 15.6. The molecule has 0 spiro atoms. The van der Waals surface area contributed by atoms with E-state index in [1.807, 2.05) is 0 Å². The molecular formula is C28H42N7O18P3. The van der Waals surface area contributed by atoms with E-state index in [1.165, 1.54) is 13.3 Å². The van der Waals surface area contributed by atoms with Crippen molar-refractivity contribution in [2.45, 2.75) is 31.1 Å². The van der Waals surface area contributed by atoms with Gasteiger partial charge in [0.15, 0.2) is 0 Å². The molecule has 1 saturated heterocycles. The Kier molecular flexibility index (Phi) is 18.2. The van der Waals surface area contributed by atoms with Crippen LogP contribution in [0.1, 0.15) is 28.6 Å². The van der Waals surface area contributed by atoms with Crippen molar-refractivity contribution in [1.29, 1.82) is 0 Å². The number of nitrogens with one attached hydrogen (secondary N) is 2. The largest absolute Gasteiger partial charge is 0.490 e. The zero-order valence-corrected chi connectivity index (χ0v) is 32.2. The number of ether oxygens (including phenoxy) is 5. The van der Waals surface area contributed by atoms with Gasteiger partial charge in [-0.15, -0.1) is 0 Å². The second-order valence-electron chi connectivity index (χ2n) is 11.2. The quantitative estimate of drug-likeness (QED) is 0.0268. The third kappa shape index (κ3) is 16.5. The summed E-state index contributed by atoms with van der Waals surface area (Å²) >= 11 is 0. The molecule has 0 aliphatic carbocycles. The van der Waals surface area contributed by atoms with Crippen molar-refractivity contribution in [2.24, 2.45) is 11.5 Å². The summed E-state index contributed by atoms with van der Waals surface area (Å²) in [7, 11) is -15.5. The van der Waals surface area contributed by atoms with Crippen molar-refractivity contribution in [1.82, 2.24) is 20.2 Å². The second kappa shape index (κ2) is 21.8. The van der Waals surface area contributed by atoms with E-state index in [4.69, 9.17) is 50.7 Å². The molecule has 5 unspecified atom stereocenters. The SMILES string of the molecule is CO[C@@H]1CC(n2cc(C#CCNC(=O)COCCOC(N)COc3cccc(C(=O)NCCN)c3)c(N)nc2=O)OC1COP(=O)(O)OP(=O)(O)OP(=O)(O)O. The molecule has 56 heavy (non-hydrogen) atoms. The van der Waals surface area contributed by atoms with Crippen molar-refractivity contribution < 1.29 is 79.7 Å². The molecule has 0 saturated carbocycles. The highest BCUT2D eigenvalue weighted by Gasteiger charge is 2.43. The lowest BCUT2D eigenvalue weighted by atomic mass is 10.2. The lowest BCUT2D eigenvalue weighted by Gasteiger charge is -2.20. The summed E-state index contributed by atoms with van der Waals surface area (Å²) in [5.41, 5.74) is 16.7. The number of hydrogen-bond donors (Lipinski definition) is 9. The molecule has 2 heterocycles. The average molecular weight is 858 g/mol. The maximum atomic E-state index is 12.6.